The van der Waals surface area contributed by atoms with Gasteiger partial charge in [0.2, 0.25) is 6.19 Å². The summed E-state index contributed by atoms with van der Waals surface area (Å²) in [5, 5.41) is 8.09. The van der Waals surface area contributed by atoms with Crippen LogP contribution < -0.4 is 0 Å². The second-order valence-electron chi connectivity index (χ2n) is 2.97. The first kappa shape index (κ1) is 11.2. The van der Waals surface area contributed by atoms with Gasteiger partial charge in [-0.2, -0.15) is 10.3 Å². The molecule has 0 saturated carbocycles. The normalized spacial score (nSPS) is 10.3. The number of rotatable bonds is 7. The number of unbranched alkanes of at least 4 members (excludes halogenated alkanes) is 6. The van der Waals surface area contributed by atoms with Gasteiger partial charge in [0.15, 0.2) is 0 Å². The third kappa shape index (κ3) is 9.16. The maximum absolute atomic E-state index is 8.09. The molecule has 0 heterocycles. The first-order valence-corrected chi connectivity index (χ1v) is 4.82. The minimum Gasteiger partial charge on any atom is -0.186 e. The number of hydrogen-bond acceptors (Lipinski definition) is 2. The molecular formula is C10H18N2. The van der Waals surface area contributed by atoms with Crippen molar-refractivity contribution in [3.63, 3.8) is 0 Å². The fourth-order valence-electron chi connectivity index (χ4n) is 1.12. The van der Waals surface area contributed by atoms with E-state index in [0.717, 1.165) is 6.42 Å². The number of nitriles is 1. The van der Waals surface area contributed by atoms with Crippen molar-refractivity contribution < 1.29 is 0 Å². The van der Waals surface area contributed by atoms with E-state index in [1.807, 2.05) is 0 Å². The molecular weight excluding hydrogens is 148 g/mol. The van der Waals surface area contributed by atoms with Crippen LogP contribution in [0.4, 0.5) is 0 Å². The van der Waals surface area contributed by atoms with Gasteiger partial charge in [-0.3, -0.25) is 0 Å². The summed E-state index contributed by atoms with van der Waals surface area (Å²) in [7, 11) is 0. The average Bonchev–Trinajstić information content (AvgIpc) is 2.10. The van der Waals surface area contributed by atoms with Gasteiger partial charge in [0, 0.05) is 6.21 Å². The van der Waals surface area contributed by atoms with E-state index in [9.17, 15) is 0 Å². The van der Waals surface area contributed by atoms with Crippen molar-refractivity contribution in [2.45, 2.75) is 51.9 Å². The van der Waals surface area contributed by atoms with Gasteiger partial charge < -0.3 is 0 Å². The Bertz CT molecular complexity index is 144. The molecule has 0 N–H and O–H groups in total. The molecule has 0 fully saturated rings. The molecule has 68 valence electrons. The lowest BCUT2D eigenvalue weighted by Crippen LogP contribution is -1.80. The van der Waals surface area contributed by atoms with E-state index in [0.29, 0.717) is 0 Å². The lowest BCUT2D eigenvalue weighted by atomic mass is 10.1. The topological polar surface area (TPSA) is 36.1 Å². The molecule has 0 aromatic heterocycles. The standard InChI is InChI=1S/C10H18N2/c1-2-3-4-5-6-7-8-9-12-10-11/h9H,2-8H2,1H3. The molecule has 0 aromatic carbocycles. The second-order valence-corrected chi connectivity index (χ2v) is 2.97. The molecule has 0 unspecified atom stereocenters. The Morgan fingerprint density at radius 1 is 1.17 bits per heavy atom. The Morgan fingerprint density at radius 2 is 1.83 bits per heavy atom. The highest BCUT2D eigenvalue weighted by Gasteiger charge is 1.87. The molecule has 0 aliphatic carbocycles. The van der Waals surface area contributed by atoms with E-state index < -0.39 is 0 Å². The van der Waals surface area contributed by atoms with Crippen LogP contribution in [0.5, 0.6) is 0 Å². The number of hydrogen-bond donors (Lipinski definition) is 0. The first-order valence-electron chi connectivity index (χ1n) is 4.82. The monoisotopic (exact) mass is 166 g/mol. The van der Waals surface area contributed by atoms with Gasteiger partial charge in [-0.25, -0.2) is 0 Å². The van der Waals surface area contributed by atoms with Crippen LogP contribution in [0.1, 0.15) is 51.9 Å². The molecule has 12 heavy (non-hydrogen) atoms. The summed E-state index contributed by atoms with van der Waals surface area (Å²) >= 11 is 0. The van der Waals surface area contributed by atoms with Gasteiger partial charge in [0.25, 0.3) is 0 Å². The molecule has 0 bridgehead atoms. The molecule has 2 nitrogen and oxygen atoms in total. The van der Waals surface area contributed by atoms with Crippen molar-refractivity contribution in [2.24, 2.45) is 4.99 Å². The smallest absolute Gasteiger partial charge is 0.186 e. The van der Waals surface area contributed by atoms with Gasteiger partial charge in [-0.05, 0) is 12.8 Å². The third-order valence-corrected chi connectivity index (χ3v) is 1.84. The van der Waals surface area contributed by atoms with E-state index in [1.54, 1.807) is 12.4 Å². The maximum atomic E-state index is 8.09. The van der Waals surface area contributed by atoms with Crippen LogP contribution in [-0.4, -0.2) is 6.21 Å². The van der Waals surface area contributed by atoms with Crippen molar-refractivity contribution in [1.29, 1.82) is 5.26 Å². The van der Waals surface area contributed by atoms with Crippen LogP contribution in [0.3, 0.4) is 0 Å². The second kappa shape index (κ2) is 10.2. The van der Waals surface area contributed by atoms with Gasteiger partial charge in [-0.15, -0.1) is 0 Å². The molecule has 0 atom stereocenters. The summed E-state index contributed by atoms with van der Waals surface area (Å²) in [5.74, 6) is 0. The van der Waals surface area contributed by atoms with Crippen LogP contribution in [0.25, 0.3) is 0 Å². The SMILES string of the molecule is CCCCCCCCC=NC#N. The van der Waals surface area contributed by atoms with Crippen molar-refractivity contribution in [3.05, 3.63) is 0 Å². The van der Waals surface area contributed by atoms with Gasteiger partial charge >= 0.3 is 0 Å². The van der Waals surface area contributed by atoms with Gasteiger partial charge in [0.05, 0.1) is 0 Å². The van der Waals surface area contributed by atoms with E-state index in [4.69, 9.17) is 5.26 Å². The average molecular weight is 166 g/mol. The Labute approximate surface area is 75.3 Å². The quantitative estimate of drug-likeness (QED) is 0.325. The highest BCUT2D eigenvalue weighted by molar-refractivity contribution is 5.58. The molecule has 0 amide bonds. The largest absolute Gasteiger partial charge is 0.205 e. The lowest BCUT2D eigenvalue weighted by molar-refractivity contribution is 0.617. The van der Waals surface area contributed by atoms with Crippen LogP contribution in [-0.2, 0) is 0 Å². The highest BCUT2D eigenvalue weighted by atomic mass is 14.7. The molecule has 0 aliphatic rings. The minimum atomic E-state index is 0.958. The zero-order valence-corrected chi connectivity index (χ0v) is 7.92. The molecule has 0 rings (SSSR count). The Morgan fingerprint density at radius 3 is 2.50 bits per heavy atom. The van der Waals surface area contributed by atoms with Crippen LogP contribution >= 0.6 is 0 Å². The lowest BCUT2D eigenvalue weighted by Gasteiger charge is -1.96. The summed E-state index contributed by atoms with van der Waals surface area (Å²) in [4.78, 5) is 3.49. The van der Waals surface area contributed by atoms with Crippen LogP contribution in [0.15, 0.2) is 4.99 Å². The highest BCUT2D eigenvalue weighted by Crippen LogP contribution is 2.05. The first-order chi connectivity index (χ1) is 5.91. The van der Waals surface area contributed by atoms with Gasteiger partial charge in [0.1, 0.15) is 0 Å². The summed E-state index contributed by atoms with van der Waals surface area (Å²) in [6, 6.07) is 0. The number of nitrogens with zero attached hydrogens (tertiary/aromatic N) is 2. The molecule has 0 radical (unpaired) electrons. The third-order valence-electron chi connectivity index (χ3n) is 1.84. The van der Waals surface area contributed by atoms with E-state index >= 15 is 0 Å². The van der Waals surface area contributed by atoms with Crippen molar-refractivity contribution in [3.8, 4) is 6.19 Å². The maximum Gasteiger partial charge on any atom is 0.205 e. The fourth-order valence-corrected chi connectivity index (χ4v) is 1.12. The predicted molar refractivity (Wildman–Crippen MR) is 52.1 cm³/mol. The van der Waals surface area contributed by atoms with Crippen LogP contribution in [0, 0.1) is 11.5 Å². The zero-order chi connectivity index (χ0) is 9.07. The Hall–Kier alpha value is -0.840. The van der Waals surface area contributed by atoms with Crippen molar-refractivity contribution in [2.75, 3.05) is 0 Å². The van der Waals surface area contributed by atoms with E-state index in [1.165, 1.54) is 38.5 Å². The predicted octanol–water partition coefficient (Wildman–Crippen LogP) is 3.29. The Kier molecular flexibility index (Phi) is 9.45. The van der Waals surface area contributed by atoms with Crippen LogP contribution in [0.2, 0.25) is 0 Å². The molecule has 0 spiro atoms. The zero-order valence-electron chi connectivity index (χ0n) is 7.92. The fraction of sp³-hybridized carbons (Fsp3) is 0.800. The molecule has 0 aliphatic heterocycles. The summed E-state index contributed by atoms with van der Waals surface area (Å²) in [5.41, 5.74) is 0. The van der Waals surface area contributed by atoms with Gasteiger partial charge in [-0.1, -0.05) is 39.0 Å². The molecule has 0 saturated heterocycles. The minimum absolute atomic E-state index is 0.958. The summed E-state index contributed by atoms with van der Waals surface area (Å²) < 4.78 is 0. The summed E-state index contributed by atoms with van der Waals surface area (Å²) in [6.45, 7) is 2.22. The molecule has 0 aromatic rings. The van der Waals surface area contributed by atoms with E-state index in [-0.39, 0.29) is 0 Å². The van der Waals surface area contributed by atoms with E-state index in [2.05, 4.69) is 11.9 Å². The Balaban J connectivity index is 2.92. The summed E-state index contributed by atoms with van der Waals surface area (Å²) in [6.07, 6.45) is 12.2. The van der Waals surface area contributed by atoms with Crippen molar-refractivity contribution >= 4 is 6.21 Å². The van der Waals surface area contributed by atoms with Crippen molar-refractivity contribution in [1.82, 2.24) is 0 Å². The number of aliphatic imine (C=N–C) groups is 1. The molecule has 2 heteroatoms.